The molecule has 2 aromatic carbocycles. The van der Waals surface area contributed by atoms with Crippen molar-refractivity contribution in [3.63, 3.8) is 0 Å². The number of thiazole rings is 1. The number of piperazine rings is 1. The van der Waals surface area contributed by atoms with Crippen LogP contribution in [0.25, 0.3) is 10.6 Å². The van der Waals surface area contributed by atoms with Crippen molar-refractivity contribution in [2.24, 2.45) is 0 Å². The Morgan fingerprint density at radius 2 is 1.69 bits per heavy atom. The van der Waals surface area contributed by atoms with Crippen molar-refractivity contribution in [2.75, 3.05) is 52.3 Å². The van der Waals surface area contributed by atoms with Crippen LogP contribution < -0.4 is 14.8 Å². The summed E-state index contributed by atoms with van der Waals surface area (Å²) in [7, 11) is 3.18. The van der Waals surface area contributed by atoms with Crippen LogP contribution in [0.15, 0.2) is 41.8 Å². The maximum Gasteiger partial charge on any atom is 0.273 e. The van der Waals surface area contributed by atoms with Gasteiger partial charge in [-0.25, -0.2) is 4.98 Å². The molecule has 1 aliphatic heterocycles. The van der Waals surface area contributed by atoms with Gasteiger partial charge < -0.3 is 19.7 Å². The lowest BCUT2D eigenvalue weighted by atomic mass is 10.1. The first-order valence-corrected chi connectivity index (χ1v) is 12.3. The summed E-state index contributed by atoms with van der Waals surface area (Å²) >= 11 is 1.42. The second-order valence-electron chi connectivity index (χ2n) is 8.49. The van der Waals surface area contributed by atoms with Crippen LogP contribution in [0.4, 0.5) is 5.69 Å². The number of carbonyl (C=O) groups is 2. The smallest absolute Gasteiger partial charge is 0.273 e. The van der Waals surface area contributed by atoms with Gasteiger partial charge in [0.25, 0.3) is 5.91 Å². The molecule has 2 amide bonds. The van der Waals surface area contributed by atoms with Crippen molar-refractivity contribution in [1.29, 1.82) is 0 Å². The third-order valence-corrected chi connectivity index (χ3v) is 7.02. The van der Waals surface area contributed by atoms with Gasteiger partial charge in [0.05, 0.1) is 20.8 Å². The number of carbonyl (C=O) groups excluding carboxylic acids is 2. The van der Waals surface area contributed by atoms with E-state index in [0.717, 1.165) is 27.4 Å². The monoisotopic (exact) mass is 494 g/mol. The van der Waals surface area contributed by atoms with Gasteiger partial charge in [0.15, 0.2) is 11.5 Å². The highest BCUT2D eigenvalue weighted by atomic mass is 32.1. The van der Waals surface area contributed by atoms with E-state index in [4.69, 9.17) is 9.47 Å². The molecule has 1 N–H and O–H groups in total. The minimum Gasteiger partial charge on any atom is -0.493 e. The van der Waals surface area contributed by atoms with Crippen LogP contribution in [0.1, 0.15) is 21.6 Å². The van der Waals surface area contributed by atoms with Crippen LogP contribution in [-0.4, -0.2) is 73.5 Å². The van der Waals surface area contributed by atoms with Crippen molar-refractivity contribution in [1.82, 2.24) is 14.8 Å². The minimum atomic E-state index is -0.0902. The lowest BCUT2D eigenvalue weighted by molar-refractivity contribution is -0.117. The third-order valence-electron chi connectivity index (χ3n) is 6.13. The summed E-state index contributed by atoms with van der Waals surface area (Å²) in [4.78, 5) is 34.1. The van der Waals surface area contributed by atoms with Crippen molar-refractivity contribution in [2.45, 2.75) is 13.8 Å². The summed E-state index contributed by atoms with van der Waals surface area (Å²) < 4.78 is 10.7. The van der Waals surface area contributed by atoms with Gasteiger partial charge in [0, 0.05) is 42.8 Å². The largest absolute Gasteiger partial charge is 0.493 e. The second-order valence-corrected chi connectivity index (χ2v) is 9.35. The first kappa shape index (κ1) is 24.7. The van der Waals surface area contributed by atoms with Gasteiger partial charge in [-0.1, -0.05) is 18.2 Å². The molecule has 0 spiro atoms. The number of anilines is 1. The van der Waals surface area contributed by atoms with Gasteiger partial charge in [-0.15, -0.1) is 11.3 Å². The number of amides is 2. The van der Waals surface area contributed by atoms with E-state index in [-0.39, 0.29) is 11.8 Å². The Labute approximate surface area is 209 Å². The molecule has 3 aromatic rings. The average molecular weight is 495 g/mol. The molecular formula is C26H30N4O4S. The molecule has 0 atom stereocenters. The highest BCUT2D eigenvalue weighted by Gasteiger charge is 2.25. The number of nitrogens with one attached hydrogen (secondary N) is 1. The van der Waals surface area contributed by atoms with Crippen molar-refractivity contribution >= 4 is 28.8 Å². The molecule has 4 rings (SSSR count). The normalized spacial score (nSPS) is 14.0. The molecule has 0 saturated carbocycles. The van der Waals surface area contributed by atoms with Gasteiger partial charge in [-0.3, -0.25) is 14.5 Å². The Balaban J connectivity index is 1.33. The SMILES string of the molecule is COc1ccc(-c2nc(C(=O)N3CCN(CC(=O)Nc4c(C)cccc4C)CC3)cs2)cc1OC. The molecule has 9 heteroatoms. The van der Waals surface area contributed by atoms with E-state index in [1.807, 2.05) is 50.2 Å². The Morgan fingerprint density at radius 3 is 2.34 bits per heavy atom. The number of rotatable bonds is 7. The lowest BCUT2D eigenvalue weighted by Crippen LogP contribution is -2.50. The first-order valence-electron chi connectivity index (χ1n) is 11.4. The predicted molar refractivity (Wildman–Crippen MR) is 138 cm³/mol. The van der Waals surface area contributed by atoms with E-state index in [2.05, 4.69) is 15.2 Å². The molecule has 0 radical (unpaired) electrons. The van der Waals surface area contributed by atoms with Crippen LogP contribution >= 0.6 is 11.3 Å². The number of methoxy groups -OCH3 is 2. The summed E-state index contributed by atoms with van der Waals surface area (Å²) in [6.07, 6.45) is 0. The molecule has 2 heterocycles. The first-order chi connectivity index (χ1) is 16.9. The molecule has 1 fully saturated rings. The Morgan fingerprint density at radius 1 is 1.00 bits per heavy atom. The van der Waals surface area contributed by atoms with Crippen molar-refractivity contribution in [3.05, 3.63) is 58.6 Å². The number of ether oxygens (including phenoxy) is 2. The van der Waals surface area contributed by atoms with E-state index in [0.29, 0.717) is 49.9 Å². The van der Waals surface area contributed by atoms with Crippen LogP contribution in [0, 0.1) is 13.8 Å². The van der Waals surface area contributed by atoms with Gasteiger partial charge in [0.2, 0.25) is 5.91 Å². The summed E-state index contributed by atoms with van der Waals surface area (Å²) in [5, 5.41) is 5.57. The zero-order valence-electron chi connectivity index (χ0n) is 20.5. The molecular weight excluding hydrogens is 464 g/mol. The standard InChI is InChI=1S/C26H30N4O4S/c1-17-6-5-7-18(2)24(17)28-23(31)15-29-10-12-30(13-11-29)26(32)20-16-35-25(27-20)19-8-9-21(33-3)22(14-19)34-4/h5-9,14,16H,10-13,15H2,1-4H3,(H,28,31). The fourth-order valence-electron chi connectivity index (χ4n) is 4.14. The van der Waals surface area contributed by atoms with Gasteiger partial charge >= 0.3 is 0 Å². The molecule has 0 bridgehead atoms. The number of para-hydroxylation sites is 1. The maximum absolute atomic E-state index is 13.0. The summed E-state index contributed by atoms with van der Waals surface area (Å²) in [6, 6.07) is 11.5. The number of hydrogen-bond donors (Lipinski definition) is 1. The maximum atomic E-state index is 13.0. The van der Waals surface area contributed by atoms with Crippen LogP contribution in [0.5, 0.6) is 11.5 Å². The lowest BCUT2D eigenvalue weighted by Gasteiger charge is -2.34. The quantitative estimate of drug-likeness (QED) is 0.537. The number of nitrogens with zero attached hydrogens (tertiary/aromatic N) is 3. The Bertz CT molecular complexity index is 1200. The Hall–Kier alpha value is -3.43. The van der Waals surface area contributed by atoms with E-state index < -0.39 is 0 Å². The fourth-order valence-corrected chi connectivity index (χ4v) is 4.93. The summed E-state index contributed by atoms with van der Waals surface area (Å²) in [5.41, 5.74) is 4.27. The fraction of sp³-hybridized carbons (Fsp3) is 0.346. The number of aryl methyl sites for hydroxylation is 2. The highest BCUT2D eigenvalue weighted by molar-refractivity contribution is 7.13. The average Bonchev–Trinajstić information content (AvgIpc) is 3.36. The molecule has 184 valence electrons. The van der Waals surface area contributed by atoms with Crippen LogP contribution in [-0.2, 0) is 4.79 Å². The molecule has 1 saturated heterocycles. The number of hydrogen-bond acceptors (Lipinski definition) is 7. The van der Waals surface area contributed by atoms with Crippen molar-refractivity contribution < 1.29 is 19.1 Å². The molecule has 0 aliphatic carbocycles. The van der Waals surface area contributed by atoms with Crippen LogP contribution in [0.2, 0.25) is 0 Å². The van der Waals surface area contributed by atoms with E-state index in [1.54, 1.807) is 24.5 Å². The summed E-state index contributed by atoms with van der Waals surface area (Å²) in [6.45, 7) is 6.66. The van der Waals surface area contributed by atoms with Gasteiger partial charge in [0.1, 0.15) is 10.7 Å². The number of aromatic nitrogens is 1. The predicted octanol–water partition coefficient (Wildman–Crippen LogP) is 3.84. The molecule has 8 nitrogen and oxygen atoms in total. The van der Waals surface area contributed by atoms with E-state index in [1.165, 1.54) is 11.3 Å². The molecule has 35 heavy (non-hydrogen) atoms. The number of benzene rings is 2. The Kier molecular flexibility index (Phi) is 7.67. The second kappa shape index (κ2) is 10.9. The zero-order valence-corrected chi connectivity index (χ0v) is 21.3. The van der Waals surface area contributed by atoms with Gasteiger partial charge in [-0.2, -0.15) is 0 Å². The molecule has 0 unspecified atom stereocenters. The zero-order chi connectivity index (χ0) is 24.9. The van der Waals surface area contributed by atoms with E-state index in [9.17, 15) is 9.59 Å². The summed E-state index contributed by atoms with van der Waals surface area (Å²) in [5.74, 6) is 1.13. The molecule has 1 aromatic heterocycles. The third kappa shape index (κ3) is 5.63. The molecule has 1 aliphatic rings. The topological polar surface area (TPSA) is 84.0 Å². The minimum absolute atomic E-state index is 0.0405. The van der Waals surface area contributed by atoms with Crippen LogP contribution in [0.3, 0.4) is 0 Å². The van der Waals surface area contributed by atoms with Gasteiger partial charge in [-0.05, 0) is 43.2 Å². The van der Waals surface area contributed by atoms with Crippen molar-refractivity contribution in [3.8, 4) is 22.1 Å². The highest BCUT2D eigenvalue weighted by Crippen LogP contribution is 2.33. The van der Waals surface area contributed by atoms with E-state index >= 15 is 0 Å².